The molecule has 0 aromatic heterocycles. The molecule has 8 heteroatoms. The Morgan fingerprint density at radius 1 is 1.07 bits per heavy atom. The normalized spacial score (nSPS) is 11.1. The molecule has 0 atom stereocenters. The van der Waals surface area contributed by atoms with Gasteiger partial charge in [-0.2, -0.15) is 0 Å². The first kappa shape index (κ1) is 20.5. The fourth-order valence-electron chi connectivity index (χ4n) is 2.63. The topological polar surface area (TPSA) is 98.5 Å². The summed E-state index contributed by atoms with van der Waals surface area (Å²) in [6.45, 7) is 1.94. The van der Waals surface area contributed by atoms with Crippen molar-refractivity contribution >= 4 is 21.6 Å². The van der Waals surface area contributed by atoms with Crippen LogP contribution in [0.15, 0.2) is 71.6 Å². The molecule has 0 aliphatic carbocycles. The number of sulfonamides is 1. The SMILES string of the molecule is Cc1ccc(S(N)(=O)=O)cc1C(=O)Nc1cccc(OCc2ccc(F)cc2)c1. The Kier molecular flexibility index (Phi) is 5.95. The van der Waals surface area contributed by atoms with E-state index in [1.165, 1.54) is 30.3 Å². The second-order valence-corrected chi connectivity index (χ2v) is 7.98. The van der Waals surface area contributed by atoms with E-state index in [2.05, 4.69) is 5.32 Å². The number of carbonyl (C=O) groups excluding carboxylic acids is 1. The van der Waals surface area contributed by atoms with Crippen molar-refractivity contribution in [2.75, 3.05) is 5.32 Å². The van der Waals surface area contributed by atoms with Crippen molar-refractivity contribution in [3.8, 4) is 5.75 Å². The molecule has 3 aromatic rings. The minimum atomic E-state index is -3.92. The number of primary sulfonamides is 1. The van der Waals surface area contributed by atoms with E-state index in [9.17, 15) is 17.6 Å². The van der Waals surface area contributed by atoms with Gasteiger partial charge < -0.3 is 10.1 Å². The highest BCUT2D eigenvalue weighted by atomic mass is 32.2. The summed E-state index contributed by atoms with van der Waals surface area (Å²) in [5, 5.41) is 7.86. The molecule has 0 heterocycles. The zero-order valence-electron chi connectivity index (χ0n) is 15.6. The maximum absolute atomic E-state index is 13.0. The average molecular weight is 414 g/mol. The summed E-state index contributed by atoms with van der Waals surface area (Å²) in [6.07, 6.45) is 0. The smallest absolute Gasteiger partial charge is 0.255 e. The maximum atomic E-state index is 13.0. The lowest BCUT2D eigenvalue weighted by molar-refractivity contribution is 0.102. The highest BCUT2D eigenvalue weighted by Crippen LogP contribution is 2.21. The Hall–Kier alpha value is -3.23. The van der Waals surface area contributed by atoms with Gasteiger partial charge in [-0.1, -0.05) is 24.3 Å². The first-order valence-electron chi connectivity index (χ1n) is 8.64. The van der Waals surface area contributed by atoms with Crippen LogP contribution in [-0.2, 0) is 16.6 Å². The molecule has 29 heavy (non-hydrogen) atoms. The van der Waals surface area contributed by atoms with Gasteiger partial charge in [-0.05, 0) is 54.4 Å². The number of aryl methyl sites for hydroxylation is 1. The van der Waals surface area contributed by atoms with Crippen LogP contribution in [0.2, 0.25) is 0 Å². The fraction of sp³-hybridized carbons (Fsp3) is 0.0952. The Balaban J connectivity index is 1.73. The lowest BCUT2D eigenvalue weighted by Crippen LogP contribution is -2.17. The van der Waals surface area contributed by atoms with Gasteiger partial charge in [0.25, 0.3) is 5.91 Å². The minimum absolute atomic E-state index is 0.135. The molecular weight excluding hydrogens is 395 g/mol. The van der Waals surface area contributed by atoms with Crippen molar-refractivity contribution < 1.29 is 22.3 Å². The highest BCUT2D eigenvalue weighted by Gasteiger charge is 2.15. The minimum Gasteiger partial charge on any atom is -0.489 e. The zero-order valence-corrected chi connectivity index (χ0v) is 16.4. The maximum Gasteiger partial charge on any atom is 0.255 e. The number of benzene rings is 3. The van der Waals surface area contributed by atoms with Crippen LogP contribution in [0.5, 0.6) is 5.75 Å². The molecule has 1 amide bonds. The monoisotopic (exact) mass is 414 g/mol. The Bertz CT molecular complexity index is 1150. The van der Waals surface area contributed by atoms with Crippen molar-refractivity contribution in [3.05, 3.63) is 89.2 Å². The molecule has 0 aliphatic heterocycles. The summed E-state index contributed by atoms with van der Waals surface area (Å²) in [4.78, 5) is 12.5. The predicted octanol–water partition coefficient (Wildman–Crippen LogP) is 3.61. The van der Waals surface area contributed by atoms with Gasteiger partial charge in [0.1, 0.15) is 18.2 Å². The number of halogens is 1. The molecule has 6 nitrogen and oxygen atoms in total. The van der Waals surface area contributed by atoms with Crippen LogP contribution < -0.4 is 15.2 Å². The molecule has 0 fully saturated rings. The Morgan fingerprint density at radius 2 is 1.79 bits per heavy atom. The summed E-state index contributed by atoms with van der Waals surface area (Å²) in [5.41, 5.74) is 2.09. The number of hydrogen-bond donors (Lipinski definition) is 2. The first-order valence-corrected chi connectivity index (χ1v) is 10.2. The van der Waals surface area contributed by atoms with E-state index in [1.54, 1.807) is 43.3 Å². The number of nitrogens with one attached hydrogen (secondary N) is 1. The second-order valence-electron chi connectivity index (χ2n) is 6.42. The molecule has 0 saturated heterocycles. The van der Waals surface area contributed by atoms with Crippen molar-refractivity contribution in [2.24, 2.45) is 5.14 Å². The van der Waals surface area contributed by atoms with Crippen molar-refractivity contribution in [1.82, 2.24) is 0 Å². The first-order chi connectivity index (χ1) is 13.7. The number of nitrogens with two attached hydrogens (primary N) is 1. The van der Waals surface area contributed by atoms with Gasteiger partial charge in [0, 0.05) is 17.3 Å². The zero-order chi connectivity index (χ0) is 21.0. The molecule has 3 rings (SSSR count). The van der Waals surface area contributed by atoms with Gasteiger partial charge in [0.05, 0.1) is 4.90 Å². The molecule has 0 unspecified atom stereocenters. The van der Waals surface area contributed by atoms with Gasteiger partial charge in [0.2, 0.25) is 10.0 Å². The molecule has 0 aliphatic rings. The number of rotatable bonds is 6. The van der Waals surface area contributed by atoms with E-state index >= 15 is 0 Å². The van der Waals surface area contributed by atoms with E-state index in [-0.39, 0.29) is 22.9 Å². The van der Waals surface area contributed by atoms with Gasteiger partial charge in [0.15, 0.2) is 0 Å². The van der Waals surface area contributed by atoms with Crippen LogP contribution in [0, 0.1) is 12.7 Å². The lowest BCUT2D eigenvalue weighted by Gasteiger charge is -2.11. The van der Waals surface area contributed by atoms with Crippen LogP contribution in [0.25, 0.3) is 0 Å². The quantitative estimate of drug-likeness (QED) is 0.644. The summed E-state index contributed by atoms with van der Waals surface area (Å²) in [6, 6.07) is 16.8. The van der Waals surface area contributed by atoms with Gasteiger partial charge in [-0.25, -0.2) is 17.9 Å². The van der Waals surface area contributed by atoms with Gasteiger partial charge in [-0.3, -0.25) is 4.79 Å². The van der Waals surface area contributed by atoms with E-state index in [0.29, 0.717) is 17.0 Å². The summed E-state index contributed by atoms with van der Waals surface area (Å²) >= 11 is 0. The summed E-state index contributed by atoms with van der Waals surface area (Å²) in [5.74, 6) is -0.272. The molecule has 0 saturated carbocycles. The number of carbonyl (C=O) groups is 1. The van der Waals surface area contributed by atoms with E-state index in [4.69, 9.17) is 9.88 Å². The van der Waals surface area contributed by atoms with E-state index in [0.717, 1.165) is 5.56 Å². The second kappa shape index (κ2) is 8.42. The third kappa shape index (κ3) is 5.40. The third-order valence-electron chi connectivity index (χ3n) is 4.19. The Morgan fingerprint density at radius 3 is 2.48 bits per heavy atom. The number of ether oxygens (including phenoxy) is 1. The summed E-state index contributed by atoms with van der Waals surface area (Å²) in [7, 11) is -3.92. The van der Waals surface area contributed by atoms with E-state index < -0.39 is 15.9 Å². The van der Waals surface area contributed by atoms with Crippen LogP contribution in [0.3, 0.4) is 0 Å². The van der Waals surface area contributed by atoms with Gasteiger partial charge in [-0.15, -0.1) is 0 Å². The van der Waals surface area contributed by atoms with Crippen molar-refractivity contribution in [1.29, 1.82) is 0 Å². The van der Waals surface area contributed by atoms with Crippen LogP contribution in [-0.4, -0.2) is 14.3 Å². The Labute approximate surface area is 168 Å². The lowest BCUT2D eigenvalue weighted by atomic mass is 10.1. The largest absolute Gasteiger partial charge is 0.489 e. The van der Waals surface area contributed by atoms with Gasteiger partial charge >= 0.3 is 0 Å². The predicted molar refractivity (Wildman–Crippen MR) is 108 cm³/mol. The van der Waals surface area contributed by atoms with Crippen LogP contribution in [0.4, 0.5) is 10.1 Å². The third-order valence-corrected chi connectivity index (χ3v) is 5.10. The highest BCUT2D eigenvalue weighted by molar-refractivity contribution is 7.89. The number of amides is 1. The standard InChI is InChI=1S/C21H19FN2O4S/c1-14-5-10-19(29(23,26)27)12-20(14)21(25)24-17-3-2-4-18(11-17)28-13-15-6-8-16(22)9-7-15/h2-12H,13H2,1H3,(H,24,25)(H2,23,26,27). The van der Waals surface area contributed by atoms with Crippen LogP contribution >= 0.6 is 0 Å². The molecule has 3 N–H and O–H groups in total. The average Bonchev–Trinajstić information content (AvgIpc) is 2.67. The molecule has 0 bridgehead atoms. The molecule has 0 radical (unpaired) electrons. The van der Waals surface area contributed by atoms with Crippen LogP contribution in [0.1, 0.15) is 21.5 Å². The van der Waals surface area contributed by atoms with Crippen molar-refractivity contribution in [2.45, 2.75) is 18.4 Å². The molecular formula is C21H19FN2O4S. The summed E-state index contributed by atoms with van der Waals surface area (Å²) < 4.78 is 41.7. The molecule has 150 valence electrons. The fourth-order valence-corrected chi connectivity index (χ4v) is 3.17. The van der Waals surface area contributed by atoms with Crippen molar-refractivity contribution in [3.63, 3.8) is 0 Å². The van der Waals surface area contributed by atoms with E-state index in [1.807, 2.05) is 0 Å². The number of anilines is 1. The molecule has 3 aromatic carbocycles. The number of hydrogen-bond acceptors (Lipinski definition) is 4. The molecule has 0 spiro atoms.